The average molecular weight is 369 g/mol. The van der Waals surface area contributed by atoms with Crippen LogP contribution < -0.4 is 5.32 Å². The molecule has 28 heavy (non-hydrogen) atoms. The molecule has 0 radical (unpaired) electrons. The van der Waals surface area contributed by atoms with E-state index in [2.05, 4.69) is 31.5 Å². The second-order valence-electron chi connectivity index (χ2n) is 6.36. The highest BCUT2D eigenvalue weighted by atomic mass is 16.5. The van der Waals surface area contributed by atoms with E-state index >= 15 is 0 Å². The number of rotatable bonds is 4. The fraction of sp³-hybridized carbons (Fsp3) is 0.0476. The van der Waals surface area contributed by atoms with E-state index in [1.54, 1.807) is 24.5 Å². The van der Waals surface area contributed by atoms with Gasteiger partial charge in [-0.05, 0) is 35.0 Å². The highest BCUT2D eigenvalue weighted by Gasteiger charge is 2.13. The Morgan fingerprint density at radius 1 is 1.04 bits per heavy atom. The van der Waals surface area contributed by atoms with Crippen molar-refractivity contribution in [3.8, 4) is 11.4 Å². The molecule has 0 aliphatic carbocycles. The predicted molar refractivity (Wildman–Crippen MR) is 105 cm³/mol. The summed E-state index contributed by atoms with van der Waals surface area (Å²) in [6.07, 6.45) is 3.32. The largest absolute Gasteiger partial charge is 0.351 e. The standard InChI is InChI=1S/C21H15N5O2/c27-21(23-12-19-25-20(26-28-19)14-7-9-22-10-8-14)18-11-16-15-4-2-1-3-13(15)5-6-17(16)24-18/h1-11,24H,12H2,(H,23,27). The molecule has 0 unspecified atom stereocenters. The highest BCUT2D eigenvalue weighted by molar-refractivity contribution is 6.09. The van der Waals surface area contributed by atoms with Gasteiger partial charge in [0.1, 0.15) is 5.69 Å². The summed E-state index contributed by atoms with van der Waals surface area (Å²) < 4.78 is 5.22. The van der Waals surface area contributed by atoms with E-state index < -0.39 is 0 Å². The number of nitrogens with zero attached hydrogens (tertiary/aromatic N) is 3. The van der Waals surface area contributed by atoms with Crippen molar-refractivity contribution >= 4 is 27.6 Å². The number of hydrogen-bond donors (Lipinski definition) is 2. The van der Waals surface area contributed by atoms with Crippen LogP contribution in [0, 0.1) is 0 Å². The Morgan fingerprint density at radius 2 is 1.89 bits per heavy atom. The van der Waals surface area contributed by atoms with Crippen molar-refractivity contribution in [2.24, 2.45) is 0 Å². The number of amides is 1. The van der Waals surface area contributed by atoms with E-state index in [0.29, 0.717) is 17.4 Å². The van der Waals surface area contributed by atoms with Gasteiger partial charge in [0.25, 0.3) is 5.91 Å². The Hall–Kier alpha value is -4.00. The van der Waals surface area contributed by atoms with Crippen LogP contribution in [0.4, 0.5) is 0 Å². The maximum Gasteiger partial charge on any atom is 0.268 e. The van der Waals surface area contributed by atoms with Crippen LogP contribution in [0.15, 0.2) is 71.5 Å². The van der Waals surface area contributed by atoms with Gasteiger partial charge in [-0.3, -0.25) is 9.78 Å². The van der Waals surface area contributed by atoms with E-state index in [9.17, 15) is 4.79 Å². The summed E-state index contributed by atoms with van der Waals surface area (Å²) in [7, 11) is 0. The molecule has 7 nitrogen and oxygen atoms in total. The molecular weight excluding hydrogens is 354 g/mol. The highest BCUT2D eigenvalue weighted by Crippen LogP contribution is 2.25. The molecule has 3 heterocycles. The number of hydrogen-bond acceptors (Lipinski definition) is 5. The van der Waals surface area contributed by atoms with Gasteiger partial charge in [-0.2, -0.15) is 4.98 Å². The van der Waals surface area contributed by atoms with Crippen LogP contribution >= 0.6 is 0 Å². The minimum Gasteiger partial charge on any atom is -0.351 e. The summed E-state index contributed by atoms with van der Waals surface area (Å²) in [5.74, 6) is 0.564. The van der Waals surface area contributed by atoms with Crippen molar-refractivity contribution in [2.45, 2.75) is 6.54 Å². The van der Waals surface area contributed by atoms with Crippen LogP contribution in [0.1, 0.15) is 16.4 Å². The quantitative estimate of drug-likeness (QED) is 0.503. The normalized spacial score (nSPS) is 11.1. The van der Waals surface area contributed by atoms with Crippen LogP contribution in [0.2, 0.25) is 0 Å². The summed E-state index contributed by atoms with van der Waals surface area (Å²) in [5, 5.41) is 10.00. The monoisotopic (exact) mass is 369 g/mol. The van der Waals surface area contributed by atoms with E-state index in [1.807, 2.05) is 36.4 Å². The van der Waals surface area contributed by atoms with Gasteiger partial charge in [-0.15, -0.1) is 0 Å². The summed E-state index contributed by atoms with van der Waals surface area (Å²) >= 11 is 0. The maximum absolute atomic E-state index is 12.6. The van der Waals surface area contributed by atoms with Crippen molar-refractivity contribution in [2.75, 3.05) is 0 Å². The SMILES string of the molecule is O=C(NCc1nc(-c2ccncc2)no1)c1cc2c(ccc3ccccc32)[nH]1. The van der Waals surface area contributed by atoms with E-state index in [4.69, 9.17) is 4.52 Å². The number of benzene rings is 2. The Kier molecular flexibility index (Phi) is 3.83. The summed E-state index contributed by atoms with van der Waals surface area (Å²) in [6, 6.07) is 17.6. The van der Waals surface area contributed by atoms with Gasteiger partial charge in [0.2, 0.25) is 11.7 Å². The minimum atomic E-state index is -0.232. The fourth-order valence-corrected chi connectivity index (χ4v) is 3.20. The number of carbonyl (C=O) groups is 1. The summed E-state index contributed by atoms with van der Waals surface area (Å²) in [6.45, 7) is 0.146. The van der Waals surface area contributed by atoms with Gasteiger partial charge in [0, 0.05) is 28.9 Å². The van der Waals surface area contributed by atoms with Crippen LogP contribution in [0.25, 0.3) is 33.1 Å². The van der Waals surface area contributed by atoms with E-state index in [1.165, 1.54) is 0 Å². The molecule has 7 heteroatoms. The van der Waals surface area contributed by atoms with Crippen LogP contribution in [-0.2, 0) is 6.54 Å². The lowest BCUT2D eigenvalue weighted by atomic mass is 10.1. The Balaban J connectivity index is 1.35. The van der Waals surface area contributed by atoms with Crippen LogP contribution in [0.5, 0.6) is 0 Å². The van der Waals surface area contributed by atoms with Gasteiger partial charge in [0.15, 0.2) is 0 Å². The minimum absolute atomic E-state index is 0.146. The molecule has 0 aliphatic heterocycles. The van der Waals surface area contributed by atoms with Gasteiger partial charge in [0.05, 0.1) is 6.54 Å². The molecular formula is C21H15N5O2. The second-order valence-corrected chi connectivity index (χ2v) is 6.36. The molecule has 136 valence electrons. The molecule has 2 aromatic carbocycles. The molecule has 0 fully saturated rings. The zero-order chi connectivity index (χ0) is 18.9. The molecule has 0 atom stereocenters. The molecule has 5 aromatic rings. The first-order chi connectivity index (χ1) is 13.8. The molecule has 0 spiro atoms. The van der Waals surface area contributed by atoms with Gasteiger partial charge >= 0.3 is 0 Å². The van der Waals surface area contributed by atoms with Crippen molar-refractivity contribution in [1.29, 1.82) is 0 Å². The predicted octanol–water partition coefficient (Wildman–Crippen LogP) is 3.70. The Bertz CT molecular complexity index is 1290. The number of aromatic amines is 1. The van der Waals surface area contributed by atoms with Crippen molar-refractivity contribution in [3.63, 3.8) is 0 Å². The van der Waals surface area contributed by atoms with E-state index in [-0.39, 0.29) is 12.5 Å². The zero-order valence-corrected chi connectivity index (χ0v) is 14.7. The third kappa shape index (κ3) is 2.88. The molecule has 5 rings (SSSR count). The lowest BCUT2D eigenvalue weighted by molar-refractivity contribution is 0.0942. The molecule has 0 saturated heterocycles. The second kappa shape index (κ2) is 6.62. The topological polar surface area (TPSA) is 96.7 Å². The van der Waals surface area contributed by atoms with Gasteiger partial charge < -0.3 is 14.8 Å². The molecule has 0 saturated carbocycles. The number of fused-ring (bicyclic) bond motifs is 3. The van der Waals surface area contributed by atoms with Gasteiger partial charge in [-0.1, -0.05) is 35.5 Å². The number of aromatic nitrogens is 4. The van der Waals surface area contributed by atoms with Crippen LogP contribution in [0.3, 0.4) is 0 Å². The van der Waals surface area contributed by atoms with Crippen molar-refractivity contribution in [1.82, 2.24) is 25.4 Å². The van der Waals surface area contributed by atoms with E-state index in [0.717, 1.165) is 27.2 Å². The van der Waals surface area contributed by atoms with Crippen molar-refractivity contribution < 1.29 is 9.32 Å². The number of pyridine rings is 1. The Morgan fingerprint density at radius 3 is 2.79 bits per heavy atom. The first-order valence-electron chi connectivity index (χ1n) is 8.79. The van der Waals surface area contributed by atoms with Gasteiger partial charge in [-0.25, -0.2) is 0 Å². The Labute approximate surface area is 159 Å². The third-order valence-electron chi connectivity index (χ3n) is 4.58. The number of carbonyl (C=O) groups excluding carboxylic acids is 1. The first-order valence-corrected chi connectivity index (χ1v) is 8.79. The van der Waals surface area contributed by atoms with Crippen LogP contribution in [-0.4, -0.2) is 26.0 Å². The smallest absolute Gasteiger partial charge is 0.268 e. The van der Waals surface area contributed by atoms with Crippen molar-refractivity contribution in [3.05, 3.63) is 78.6 Å². The molecule has 1 amide bonds. The third-order valence-corrected chi connectivity index (χ3v) is 4.58. The summed E-state index contributed by atoms with van der Waals surface area (Å²) in [4.78, 5) is 24.0. The maximum atomic E-state index is 12.6. The fourth-order valence-electron chi connectivity index (χ4n) is 3.20. The lowest BCUT2D eigenvalue weighted by Crippen LogP contribution is -2.23. The molecule has 2 N–H and O–H groups in total. The summed E-state index contributed by atoms with van der Waals surface area (Å²) in [5.41, 5.74) is 2.21. The molecule has 3 aromatic heterocycles. The average Bonchev–Trinajstić information content (AvgIpc) is 3.40. The number of nitrogens with one attached hydrogen (secondary N) is 2. The molecule has 0 bridgehead atoms. The first kappa shape index (κ1) is 16.2. The molecule has 0 aliphatic rings. The lowest BCUT2D eigenvalue weighted by Gasteiger charge is -1.99. The number of H-pyrrole nitrogens is 1. The zero-order valence-electron chi connectivity index (χ0n) is 14.7.